The summed E-state index contributed by atoms with van der Waals surface area (Å²) in [6.45, 7) is 0. The van der Waals surface area contributed by atoms with Crippen LogP contribution in [0.4, 0.5) is 0 Å². The van der Waals surface area contributed by atoms with Gasteiger partial charge in [-0.15, -0.1) is 5.10 Å². The van der Waals surface area contributed by atoms with Crippen molar-refractivity contribution in [2.24, 2.45) is 0 Å². The first-order valence-corrected chi connectivity index (χ1v) is 5.81. The second-order valence-corrected chi connectivity index (χ2v) is 4.02. The number of rotatable bonds is 3. The van der Waals surface area contributed by atoms with Crippen molar-refractivity contribution in [3.63, 3.8) is 0 Å². The Labute approximate surface area is 113 Å². The molecule has 0 fully saturated rings. The predicted molar refractivity (Wildman–Crippen MR) is 70.8 cm³/mol. The van der Waals surface area contributed by atoms with Crippen LogP contribution in [0.1, 0.15) is 10.4 Å². The normalized spacial score (nSPS) is 10.4. The molecule has 0 spiro atoms. The highest BCUT2D eigenvalue weighted by atomic mass is 16.5. The summed E-state index contributed by atoms with van der Waals surface area (Å²) >= 11 is 0. The van der Waals surface area contributed by atoms with Crippen LogP contribution in [0.2, 0.25) is 0 Å². The van der Waals surface area contributed by atoms with Crippen LogP contribution in [-0.2, 0) is 0 Å². The Kier molecular flexibility index (Phi) is 2.96. The number of carboxylic acid groups (broad SMARTS) is 1. The molecule has 0 bridgehead atoms. The van der Waals surface area contributed by atoms with E-state index in [0.29, 0.717) is 5.75 Å². The van der Waals surface area contributed by atoms with E-state index in [1.807, 2.05) is 18.2 Å². The van der Waals surface area contributed by atoms with E-state index >= 15 is 0 Å². The number of carbonyl (C=O) groups is 1. The maximum atomic E-state index is 11.1. The molecule has 0 amide bonds. The summed E-state index contributed by atoms with van der Waals surface area (Å²) in [5.74, 6) is -0.705. The molecule has 0 aliphatic heterocycles. The van der Waals surface area contributed by atoms with Crippen molar-refractivity contribution in [1.29, 1.82) is 0 Å². The zero-order valence-electron chi connectivity index (χ0n) is 10.2. The van der Waals surface area contributed by atoms with Gasteiger partial charge in [-0.3, -0.25) is 4.98 Å². The fourth-order valence-corrected chi connectivity index (χ4v) is 1.78. The third-order valence-electron chi connectivity index (χ3n) is 2.71. The summed E-state index contributed by atoms with van der Waals surface area (Å²) in [6.07, 6.45) is 2.98. The Morgan fingerprint density at radius 3 is 2.90 bits per heavy atom. The zero-order valence-corrected chi connectivity index (χ0v) is 10.2. The Bertz CT molecular complexity index is 789. The van der Waals surface area contributed by atoms with Gasteiger partial charge in [-0.2, -0.15) is 5.10 Å². The van der Waals surface area contributed by atoms with Crippen molar-refractivity contribution in [2.75, 3.05) is 0 Å². The highest BCUT2D eigenvalue weighted by Gasteiger charge is 2.13. The summed E-state index contributed by atoms with van der Waals surface area (Å²) in [6, 6.07) is 10.4. The second-order valence-electron chi connectivity index (χ2n) is 4.02. The molecule has 3 aromatic rings. The fraction of sp³-hybridized carbons (Fsp3) is 0. The van der Waals surface area contributed by atoms with E-state index in [4.69, 9.17) is 9.84 Å². The minimum absolute atomic E-state index is 0.0406. The van der Waals surface area contributed by atoms with Gasteiger partial charge in [-0.25, -0.2) is 4.79 Å². The standard InChI is InChI=1S/C14H9N3O3/c18-14(19)11-5-7-16-17-13(11)20-10-4-3-9-2-1-6-15-12(9)8-10/h1-8H,(H,18,19). The van der Waals surface area contributed by atoms with E-state index in [0.717, 1.165) is 10.9 Å². The monoisotopic (exact) mass is 267 g/mol. The van der Waals surface area contributed by atoms with Gasteiger partial charge in [0.2, 0.25) is 0 Å². The summed E-state index contributed by atoms with van der Waals surface area (Å²) in [4.78, 5) is 15.3. The Hall–Kier alpha value is -3.02. The lowest BCUT2D eigenvalue weighted by atomic mass is 10.2. The number of pyridine rings is 1. The molecule has 1 aromatic carbocycles. The summed E-state index contributed by atoms with van der Waals surface area (Å²) in [5.41, 5.74) is 0.715. The first kappa shape index (κ1) is 12.0. The van der Waals surface area contributed by atoms with Crippen molar-refractivity contribution in [2.45, 2.75) is 0 Å². The molecule has 0 saturated heterocycles. The van der Waals surface area contributed by atoms with E-state index in [1.165, 1.54) is 12.3 Å². The van der Waals surface area contributed by atoms with Crippen LogP contribution >= 0.6 is 0 Å². The predicted octanol–water partition coefficient (Wildman–Crippen LogP) is 2.52. The van der Waals surface area contributed by atoms with Gasteiger partial charge < -0.3 is 9.84 Å². The molecule has 3 rings (SSSR count). The van der Waals surface area contributed by atoms with E-state index < -0.39 is 5.97 Å². The van der Waals surface area contributed by atoms with Crippen LogP contribution in [-0.4, -0.2) is 26.3 Å². The summed E-state index contributed by atoms with van der Waals surface area (Å²) < 4.78 is 5.48. The largest absolute Gasteiger partial charge is 0.477 e. The van der Waals surface area contributed by atoms with Crippen molar-refractivity contribution in [3.05, 3.63) is 54.4 Å². The van der Waals surface area contributed by atoms with Gasteiger partial charge in [-0.1, -0.05) is 6.07 Å². The van der Waals surface area contributed by atoms with Gasteiger partial charge in [0, 0.05) is 17.6 Å². The van der Waals surface area contributed by atoms with Crippen LogP contribution in [0.25, 0.3) is 10.9 Å². The summed E-state index contributed by atoms with van der Waals surface area (Å²) in [5, 5.41) is 17.4. The van der Waals surface area contributed by atoms with Crippen LogP contribution in [0.3, 0.4) is 0 Å². The molecule has 0 aliphatic carbocycles. The van der Waals surface area contributed by atoms with Crippen molar-refractivity contribution >= 4 is 16.9 Å². The number of nitrogens with zero attached hydrogens (tertiary/aromatic N) is 3. The number of hydrogen-bond donors (Lipinski definition) is 1. The molecule has 6 heteroatoms. The Morgan fingerprint density at radius 2 is 2.05 bits per heavy atom. The first-order chi connectivity index (χ1) is 9.74. The lowest BCUT2D eigenvalue weighted by Gasteiger charge is -2.07. The molecule has 0 saturated carbocycles. The maximum absolute atomic E-state index is 11.1. The van der Waals surface area contributed by atoms with E-state index in [-0.39, 0.29) is 11.4 Å². The molecule has 1 N–H and O–H groups in total. The van der Waals surface area contributed by atoms with Gasteiger partial charge in [-0.05, 0) is 24.3 Å². The van der Waals surface area contributed by atoms with Gasteiger partial charge in [0.05, 0.1) is 11.7 Å². The third kappa shape index (κ3) is 2.26. The number of aromatic carboxylic acids is 1. The van der Waals surface area contributed by atoms with Gasteiger partial charge in [0.15, 0.2) is 0 Å². The number of carboxylic acids is 1. The van der Waals surface area contributed by atoms with Crippen LogP contribution < -0.4 is 4.74 Å². The first-order valence-electron chi connectivity index (χ1n) is 5.81. The minimum Gasteiger partial charge on any atom is -0.477 e. The molecule has 0 unspecified atom stereocenters. The molecule has 98 valence electrons. The smallest absolute Gasteiger partial charge is 0.341 e. The molecule has 2 aromatic heterocycles. The highest BCUT2D eigenvalue weighted by molar-refractivity contribution is 5.90. The van der Waals surface area contributed by atoms with Crippen LogP contribution in [0, 0.1) is 0 Å². The van der Waals surface area contributed by atoms with Crippen LogP contribution in [0.5, 0.6) is 11.6 Å². The molecular formula is C14H9N3O3. The number of benzene rings is 1. The molecular weight excluding hydrogens is 258 g/mol. The molecule has 0 aliphatic rings. The van der Waals surface area contributed by atoms with Crippen LogP contribution in [0.15, 0.2) is 48.8 Å². The van der Waals surface area contributed by atoms with E-state index in [1.54, 1.807) is 18.3 Å². The highest BCUT2D eigenvalue weighted by Crippen LogP contribution is 2.25. The fourth-order valence-electron chi connectivity index (χ4n) is 1.78. The van der Waals surface area contributed by atoms with Gasteiger partial charge in [0.1, 0.15) is 11.3 Å². The number of ether oxygens (including phenoxy) is 1. The molecule has 0 radical (unpaired) electrons. The number of hydrogen-bond acceptors (Lipinski definition) is 5. The lowest BCUT2D eigenvalue weighted by molar-refractivity contribution is 0.0693. The van der Waals surface area contributed by atoms with Gasteiger partial charge >= 0.3 is 5.97 Å². The lowest BCUT2D eigenvalue weighted by Crippen LogP contribution is -2.02. The zero-order chi connectivity index (χ0) is 13.9. The third-order valence-corrected chi connectivity index (χ3v) is 2.71. The maximum Gasteiger partial charge on any atom is 0.341 e. The SMILES string of the molecule is O=C(O)c1ccnnc1Oc1ccc2cccnc2c1. The van der Waals surface area contributed by atoms with Crippen molar-refractivity contribution in [1.82, 2.24) is 15.2 Å². The Morgan fingerprint density at radius 1 is 1.15 bits per heavy atom. The molecule has 0 atom stereocenters. The van der Waals surface area contributed by atoms with Gasteiger partial charge in [0.25, 0.3) is 5.88 Å². The average molecular weight is 267 g/mol. The molecule has 20 heavy (non-hydrogen) atoms. The quantitative estimate of drug-likeness (QED) is 0.784. The van der Waals surface area contributed by atoms with Crippen molar-refractivity contribution in [3.8, 4) is 11.6 Å². The summed E-state index contributed by atoms with van der Waals surface area (Å²) in [7, 11) is 0. The molecule has 2 heterocycles. The minimum atomic E-state index is -1.12. The van der Waals surface area contributed by atoms with Crippen molar-refractivity contribution < 1.29 is 14.6 Å². The average Bonchev–Trinajstić information content (AvgIpc) is 2.47. The van der Waals surface area contributed by atoms with E-state index in [2.05, 4.69) is 15.2 Å². The Balaban J connectivity index is 1.99. The topological polar surface area (TPSA) is 85.2 Å². The second kappa shape index (κ2) is 4.93. The number of aromatic nitrogens is 3. The number of fused-ring (bicyclic) bond motifs is 1. The molecule has 6 nitrogen and oxygen atoms in total. The van der Waals surface area contributed by atoms with E-state index in [9.17, 15) is 4.79 Å².